The molecule has 0 aliphatic carbocycles. The van der Waals surface area contributed by atoms with Crippen molar-refractivity contribution in [3.63, 3.8) is 0 Å². The maximum atomic E-state index is 13.5. The molecule has 218 valence electrons. The number of ether oxygens (including phenoxy) is 1. The average molecular weight is 570 g/mol. The van der Waals surface area contributed by atoms with E-state index < -0.39 is 32.2 Å². The molecule has 1 N–H and O–H groups in total. The zero-order valence-corrected chi connectivity index (χ0v) is 27.3. The van der Waals surface area contributed by atoms with E-state index in [-0.39, 0.29) is 6.04 Å². The summed E-state index contributed by atoms with van der Waals surface area (Å²) in [7, 11) is -1.69. The topological polar surface area (TPSA) is 49.8 Å². The van der Waals surface area contributed by atoms with Crippen molar-refractivity contribution in [2.24, 2.45) is 5.92 Å². The summed E-state index contributed by atoms with van der Waals surface area (Å²) in [5.41, 5.74) is 11.6. The molecule has 0 saturated heterocycles. The van der Waals surface area contributed by atoms with Gasteiger partial charge in [-0.25, -0.2) is 0 Å². The van der Waals surface area contributed by atoms with E-state index >= 15 is 0 Å². The molecule has 0 amide bonds. The smallest absolute Gasteiger partial charge is 0.312 e. The van der Waals surface area contributed by atoms with Crippen molar-refractivity contribution in [2.75, 3.05) is 0 Å². The van der Waals surface area contributed by atoms with E-state index in [1.165, 1.54) is 33.4 Å². The fourth-order valence-corrected chi connectivity index (χ4v) is 5.65. The number of carbonyl (C=O) groups is 1. The number of aliphatic hydroxyl groups excluding tert-OH is 1. The van der Waals surface area contributed by atoms with Crippen LogP contribution >= 0.6 is 0 Å². The first-order chi connectivity index (χ1) is 19.3. The van der Waals surface area contributed by atoms with Crippen molar-refractivity contribution in [3.8, 4) is 11.5 Å². The van der Waals surface area contributed by atoms with Crippen molar-refractivity contribution in [1.82, 2.24) is 4.90 Å². The summed E-state index contributed by atoms with van der Waals surface area (Å²) in [6.45, 7) is 20.2. The van der Waals surface area contributed by atoms with E-state index in [0.717, 1.165) is 5.56 Å². The average Bonchev–Trinajstić information content (AvgIpc) is 2.91. The monoisotopic (exact) mass is 569 g/mol. The molecule has 3 aromatic rings. The van der Waals surface area contributed by atoms with Crippen LogP contribution < -0.4 is 0 Å². The van der Waals surface area contributed by atoms with Crippen LogP contribution in [-0.2, 0) is 22.6 Å². The summed E-state index contributed by atoms with van der Waals surface area (Å²) in [6.07, 6.45) is -1.60. The lowest BCUT2D eigenvalue weighted by molar-refractivity contribution is -0.160. The third-order valence-corrected chi connectivity index (χ3v) is 8.56. The van der Waals surface area contributed by atoms with E-state index in [1.54, 1.807) is 6.92 Å². The van der Waals surface area contributed by atoms with Gasteiger partial charge in [-0.3, -0.25) is 9.69 Å². The molecule has 0 saturated carbocycles. The molecular formula is C36H47NO3Si. The number of nitrogens with zero attached hydrogens (tertiary/aromatic N) is 1. The van der Waals surface area contributed by atoms with Crippen LogP contribution in [0, 0.1) is 45.1 Å². The van der Waals surface area contributed by atoms with E-state index in [0.29, 0.717) is 13.1 Å². The highest BCUT2D eigenvalue weighted by Gasteiger charge is 2.32. The Labute approximate surface area is 248 Å². The lowest BCUT2D eigenvalue weighted by atomic mass is 9.96. The molecule has 0 spiro atoms. The van der Waals surface area contributed by atoms with Gasteiger partial charge in [0.1, 0.15) is 20.3 Å². The van der Waals surface area contributed by atoms with E-state index in [1.807, 2.05) is 30.3 Å². The van der Waals surface area contributed by atoms with Crippen molar-refractivity contribution < 1.29 is 14.6 Å². The molecular weight excluding hydrogens is 522 g/mol. The highest BCUT2D eigenvalue weighted by molar-refractivity contribution is 6.83. The van der Waals surface area contributed by atoms with Gasteiger partial charge in [0.05, 0.1) is 5.92 Å². The van der Waals surface area contributed by atoms with E-state index in [4.69, 9.17) is 4.74 Å². The second-order valence-corrected chi connectivity index (χ2v) is 17.2. The van der Waals surface area contributed by atoms with Crippen LogP contribution in [0.2, 0.25) is 19.6 Å². The van der Waals surface area contributed by atoms with Crippen molar-refractivity contribution in [2.45, 2.75) is 92.5 Å². The number of aliphatic hydroxyl groups is 1. The number of rotatable bonds is 10. The van der Waals surface area contributed by atoms with Crippen molar-refractivity contribution in [1.29, 1.82) is 0 Å². The van der Waals surface area contributed by atoms with Gasteiger partial charge in [0.25, 0.3) is 0 Å². The van der Waals surface area contributed by atoms with Crippen LogP contribution in [0.3, 0.4) is 0 Å². The van der Waals surface area contributed by atoms with Gasteiger partial charge in [-0.1, -0.05) is 97.9 Å². The van der Waals surface area contributed by atoms with Crippen molar-refractivity contribution >= 4 is 14.0 Å². The minimum absolute atomic E-state index is 0.154. The fraction of sp³-hybridized carbons (Fsp3) is 0.417. The molecule has 3 rings (SSSR count). The first-order valence-corrected chi connectivity index (χ1v) is 18.1. The summed E-state index contributed by atoms with van der Waals surface area (Å²) in [4.78, 5) is 15.9. The molecule has 41 heavy (non-hydrogen) atoms. The highest BCUT2D eigenvalue weighted by atomic mass is 28.3. The molecule has 5 heteroatoms. The standard InChI is InChI=1S/C36H47NO3Si/c1-25-21-27(3)33(28(4)22-25)24-37(23-32-18-14-13-15-26(32)2)30(6)35(31-16-11-10-12-17-31)40-36(39)29(5)34(38)19-20-41(7,8)9/h10-18,21-22,29-30,34-35,38H,23-24H2,1-9H3/t29-,30+,34+,35+/m1/s1. The lowest BCUT2D eigenvalue weighted by Gasteiger charge is -2.36. The van der Waals surface area contributed by atoms with Gasteiger partial charge in [0.15, 0.2) is 0 Å². The molecule has 0 aliphatic heterocycles. The predicted octanol–water partition coefficient (Wildman–Crippen LogP) is 7.47. The van der Waals surface area contributed by atoms with Crippen LogP contribution in [0.4, 0.5) is 0 Å². The normalized spacial score (nSPS) is 14.5. The molecule has 4 nitrogen and oxygen atoms in total. The number of hydrogen-bond donors (Lipinski definition) is 1. The van der Waals surface area contributed by atoms with Crippen LogP contribution in [0.15, 0.2) is 66.7 Å². The fourth-order valence-electron chi connectivity index (χ4n) is 5.07. The molecule has 0 bridgehead atoms. The van der Waals surface area contributed by atoms with Gasteiger partial charge in [-0.15, -0.1) is 5.54 Å². The molecule has 3 aromatic carbocycles. The molecule has 0 aliphatic rings. The Morgan fingerprint density at radius 3 is 2.05 bits per heavy atom. The Balaban J connectivity index is 2.00. The largest absolute Gasteiger partial charge is 0.456 e. The maximum Gasteiger partial charge on any atom is 0.312 e. The van der Waals surface area contributed by atoms with Gasteiger partial charge in [0.2, 0.25) is 0 Å². The summed E-state index contributed by atoms with van der Waals surface area (Å²) >= 11 is 0. The third kappa shape index (κ3) is 9.16. The third-order valence-electron chi connectivity index (χ3n) is 7.66. The quantitative estimate of drug-likeness (QED) is 0.156. The Hall–Kier alpha value is -3.17. The molecule has 4 atom stereocenters. The minimum Gasteiger partial charge on any atom is -0.456 e. The Kier molecular flexibility index (Phi) is 11.2. The van der Waals surface area contributed by atoms with Gasteiger partial charge < -0.3 is 9.84 Å². The molecule has 0 heterocycles. The van der Waals surface area contributed by atoms with Gasteiger partial charge in [-0.2, -0.15) is 0 Å². The SMILES string of the molecule is Cc1cc(C)c(CN(Cc2ccccc2C)[C@@H](C)[C@H](OC(=O)[C@H](C)[C@@H](O)C#C[Si](C)(C)C)c2ccccc2)c(C)c1. The van der Waals surface area contributed by atoms with E-state index in [9.17, 15) is 9.90 Å². The zero-order valence-electron chi connectivity index (χ0n) is 26.3. The lowest BCUT2D eigenvalue weighted by Crippen LogP contribution is -2.40. The van der Waals surface area contributed by atoms with Crippen molar-refractivity contribution in [3.05, 3.63) is 106 Å². The summed E-state index contributed by atoms with van der Waals surface area (Å²) in [5, 5.41) is 10.7. The Morgan fingerprint density at radius 2 is 1.46 bits per heavy atom. The summed E-state index contributed by atoms with van der Waals surface area (Å²) in [6, 6.07) is 22.7. The Bertz CT molecular complexity index is 1360. The number of carbonyl (C=O) groups excluding carboxylic acids is 1. The van der Waals surface area contributed by atoms with Crippen LogP contribution in [-0.4, -0.2) is 36.2 Å². The summed E-state index contributed by atoms with van der Waals surface area (Å²) in [5.74, 6) is 1.71. The van der Waals surface area contributed by atoms with Crippen LogP contribution in [0.25, 0.3) is 0 Å². The number of aryl methyl sites for hydroxylation is 4. The predicted molar refractivity (Wildman–Crippen MR) is 172 cm³/mol. The van der Waals surface area contributed by atoms with Gasteiger partial charge in [0, 0.05) is 19.1 Å². The van der Waals surface area contributed by atoms with Gasteiger partial charge in [-0.05, 0) is 74.9 Å². The maximum absolute atomic E-state index is 13.5. The second kappa shape index (κ2) is 14.1. The first-order valence-electron chi connectivity index (χ1n) is 14.6. The number of benzene rings is 3. The molecule has 0 aromatic heterocycles. The van der Waals surface area contributed by atoms with Crippen LogP contribution in [0.1, 0.15) is 58.9 Å². The molecule has 0 fully saturated rings. The van der Waals surface area contributed by atoms with Crippen LogP contribution in [0.5, 0.6) is 0 Å². The zero-order chi connectivity index (χ0) is 30.3. The molecule has 0 unspecified atom stereocenters. The first kappa shape index (κ1) is 32.3. The Morgan fingerprint density at radius 1 is 0.878 bits per heavy atom. The highest BCUT2D eigenvalue weighted by Crippen LogP contribution is 2.31. The molecule has 0 radical (unpaired) electrons. The number of hydrogen-bond acceptors (Lipinski definition) is 4. The summed E-state index contributed by atoms with van der Waals surface area (Å²) < 4.78 is 6.28. The number of esters is 1. The van der Waals surface area contributed by atoms with Gasteiger partial charge >= 0.3 is 5.97 Å². The minimum atomic E-state index is -1.69. The second-order valence-electron chi connectivity index (χ2n) is 12.5. The van der Waals surface area contributed by atoms with E-state index in [2.05, 4.69) is 107 Å².